The number of carbonyl (C=O) groups is 2. The number of nitrogens with two attached hydrogens (primary N) is 1. The molecule has 1 saturated heterocycles. The second-order valence-corrected chi connectivity index (χ2v) is 8.03. The van der Waals surface area contributed by atoms with E-state index in [0.29, 0.717) is 31.7 Å². The van der Waals surface area contributed by atoms with Gasteiger partial charge in [-0.3, -0.25) is 9.59 Å². The molecule has 0 aliphatic carbocycles. The summed E-state index contributed by atoms with van der Waals surface area (Å²) in [6, 6.07) is 8.14. The number of imidazole rings is 1. The summed E-state index contributed by atoms with van der Waals surface area (Å²) in [5.74, 6) is 0.134. The van der Waals surface area contributed by atoms with E-state index in [4.69, 9.17) is 10.7 Å². The van der Waals surface area contributed by atoms with Crippen LogP contribution in [-0.2, 0) is 16.1 Å². The molecule has 0 spiro atoms. The average molecular weight is 389 g/mol. The second-order valence-electron chi connectivity index (χ2n) is 7.09. The number of primary amides is 1. The third kappa shape index (κ3) is 4.83. The van der Waals surface area contributed by atoms with Gasteiger partial charge in [0.15, 0.2) is 5.16 Å². The Bertz CT molecular complexity index is 796. The van der Waals surface area contributed by atoms with Crippen LogP contribution in [0.5, 0.6) is 0 Å². The largest absolute Gasteiger partial charge is 0.369 e. The standard InChI is InChI=1S/C20H28N4O2S/c1-2-3-6-11-24-17-8-5-4-7-16(17)22-20(24)27-14-18(25)23-12-9-15(10-13-23)19(21)26/h4-5,7-8,15H,2-3,6,9-14H2,1H3,(H2,21,26). The Labute approximate surface area is 164 Å². The van der Waals surface area contributed by atoms with Crippen molar-refractivity contribution in [1.82, 2.24) is 14.5 Å². The Morgan fingerprint density at radius 3 is 2.67 bits per heavy atom. The number of likely N-dealkylation sites (tertiary alicyclic amines) is 1. The first-order chi connectivity index (χ1) is 13.1. The highest BCUT2D eigenvalue weighted by Crippen LogP contribution is 2.26. The fraction of sp³-hybridized carbons (Fsp3) is 0.550. The van der Waals surface area contributed by atoms with E-state index < -0.39 is 0 Å². The molecule has 0 radical (unpaired) electrons. The Morgan fingerprint density at radius 1 is 1.22 bits per heavy atom. The smallest absolute Gasteiger partial charge is 0.233 e. The molecular weight excluding hydrogens is 360 g/mol. The topological polar surface area (TPSA) is 81.2 Å². The molecule has 2 aromatic rings. The third-order valence-corrected chi connectivity index (χ3v) is 6.14. The normalized spacial score (nSPS) is 15.4. The third-order valence-electron chi connectivity index (χ3n) is 5.18. The van der Waals surface area contributed by atoms with E-state index in [1.807, 2.05) is 23.1 Å². The van der Waals surface area contributed by atoms with Crippen molar-refractivity contribution in [2.24, 2.45) is 11.7 Å². The maximum Gasteiger partial charge on any atom is 0.233 e. The van der Waals surface area contributed by atoms with Gasteiger partial charge in [0.1, 0.15) is 0 Å². The van der Waals surface area contributed by atoms with Crippen molar-refractivity contribution in [2.45, 2.75) is 50.7 Å². The van der Waals surface area contributed by atoms with Crippen LogP contribution in [0.3, 0.4) is 0 Å². The molecule has 7 heteroatoms. The zero-order valence-electron chi connectivity index (χ0n) is 15.9. The molecule has 27 heavy (non-hydrogen) atoms. The number of thioether (sulfide) groups is 1. The maximum atomic E-state index is 12.6. The minimum atomic E-state index is -0.253. The number of fused-ring (bicyclic) bond motifs is 1. The summed E-state index contributed by atoms with van der Waals surface area (Å²) < 4.78 is 2.24. The summed E-state index contributed by atoms with van der Waals surface area (Å²) in [5.41, 5.74) is 7.48. The number of hydrogen-bond acceptors (Lipinski definition) is 4. The van der Waals surface area contributed by atoms with Crippen LogP contribution in [0.2, 0.25) is 0 Å². The Morgan fingerprint density at radius 2 is 1.96 bits per heavy atom. The highest BCUT2D eigenvalue weighted by atomic mass is 32.2. The minimum Gasteiger partial charge on any atom is -0.369 e. The van der Waals surface area contributed by atoms with Gasteiger partial charge in [0, 0.05) is 25.6 Å². The molecule has 146 valence electrons. The summed E-state index contributed by atoms with van der Waals surface area (Å²) in [7, 11) is 0. The van der Waals surface area contributed by atoms with Crippen molar-refractivity contribution in [1.29, 1.82) is 0 Å². The molecule has 2 amide bonds. The van der Waals surface area contributed by atoms with Gasteiger partial charge in [0.25, 0.3) is 0 Å². The molecule has 0 bridgehead atoms. The molecule has 2 N–H and O–H groups in total. The monoisotopic (exact) mass is 388 g/mol. The van der Waals surface area contributed by atoms with Crippen molar-refractivity contribution < 1.29 is 9.59 Å². The van der Waals surface area contributed by atoms with Gasteiger partial charge in [0.05, 0.1) is 16.8 Å². The summed E-state index contributed by atoms with van der Waals surface area (Å²) >= 11 is 1.51. The second kappa shape index (κ2) is 9.26. The summed E-state index contributed by atoms with van der Waals surface area (Å²) in [4.78, 5) is 30.4. The van der Waals surface area contributed by atoms with Crippen LogP contribution >= 0.6 is 11.8 Å². The summed E-state index contributed by atoms with van der Waals surface area (Å²) in [6.07, 6.45) is 4.81. The average Bonchev–Trinajstić information content (AvgIpc) is 3.04. The molecule has 1 fully saturated rings. The van der Waals surface area contributed by atoms with Crippen LogP contribution in [0.1, 0.15) is 39.0 Å². The highest BCUT2D eigenvalue weighted by Gasteiger charge is 2.26. The number of para-hydroxylation sites is 2. The minimum absolute atomic E-state index is 0.0931. The zero-order chi connectivity index (χ0) is 19.2. The Hall–Kier alpha value is -2.02. The predicted molar refractivity (Wildman–Crippen MR) is 108 cm³/mol. The molecule has 0 unspecified atom stereocenters. The molecule has 1 aliphatic rings. The Balaban J connectivity index is 1.63. The number of hydrogen-bond donors (Lipinski definition) is 1. The lowest BCUT2D eigenvalue weighted by atomic mass is 9.96. The highest BCUT2D eigenvalue weighted by molar-refractivity contribution is 7.99. The lowest BCUT2D eigenvalue weighted by Gasteiger charge is -2.30. The van der Waals surface area contributed by atoms with Gasteiger partial charge >= 0.3 is 0 Å². The van der Waals surface area contributed by atoms with Crippen LogP contribution in [0.25, 0.3) is 11.0 Å². The van der Waals surface area contributed by atoms with E-state index in [-0.39, 0.29) is 17.7 Å². The SMILES string of the molecule is CCCCCn1c(SCC(=O)N2CCC(C(N)=O)CC2)nc2ccccc21. The van der Waals surface area contributed by atoms with E-state index in [1.54, 1.807) is 0 Å². The summed E-state index contributed by atoms with van der Waals surface area (Å²) in [6.45, 7) is 4.34. The van der Waals surface area contributed by atoms with Gasteiger partial charge < -0.3 is 15.2 Å². The van der Waals surface area contributed by atoms with Crippen LogP contribution in [0, 0.1) is 5.92 Å². The van der Waals surface area contributed by atoms with E-state index in [1.165, 1.54) is 24.6 Å². The number of carbonyl (C=O) groups excluding carboxylic acids is 2. The van der Waals surface area contributed by atoms with Crippen molar-refractivity contribution in [3.05, 3.63) is 24.3 Å². The van der Waals surface area contributed by atoms with Crippen molar-refractivity contribution in [3.63, 3.8) is 0 Å². The van der Waals surface area contributed by atoms with Crippen LogP contribution in [-0.4, -0.2) is 45.1 Å². The number of amides is 2. The van der Waals surface area contributed by atoms with Gasteiger partial charge in [-0.2, -0.15) is 0 Å². The van der Waals surface area contributed by atoms with Gasteiger partial charge in [-0.05, 0) is 31.4 Å². The first-order valence-corrected chi connectivity index (χ1v) is 10.7. The molecule has 6 nitrogen and oxygen atoms in total. The molecule has 0 atom stereocenters. The first kappa shape index (κ1) is 19.7. The van der Waals surface area contributed by atoms with Gasteiger partial charge in [-0.25, -0.2) is 4.98 Å². The van der Waals surface area contributed by atoms with Gasteiger partial charge in [0.2, 0.25) is 11.8 Å². The fourth-order valence-electron chi connectivity index (χ4n) is 3.53. The molecule has 0 saturated carbocycles. The van der Waals surface area contributed by atoms with E-state index in [9.17, 15) is 9.59 Å². The van der Waals surface area contributed by atoms with E-state index in [2.05, 4.69) is 17.6 Å². The molecule has 1 aromatic heterocycles. The first-order valence-electron chi connectivity index (χ1n) is 9.75. The summed E-state index contributed by atoms with van der Waals surface area (Å²) in [5, 5.41) is 0.910. The van der Waals surface area contributed by atoms with Gasteiger partial charge in [-0.15, -0.1) is 0 Å². The Kier molecular flexibility index (Phi) is 6.77. The molecule has 2 heterocycles. The van der Waals surface area contributed by atoms with E-state index in [0.717, 1.165) is 29.2 Å². The molecular formula is C20H28N4O2S. The van der Waals surface area contributed by atoms with Crippen molar-refractivity contribution in [2.75, 3.05) is 18.8 Å². The van der Waals surface area contributed by atoms with Crippen LogP contribution < -0.4 is 5.73 Å². The van der Waals surface area contributed by atoms with E-state index >= 15 is 0 Å². The number of piperidine rings is 1. The quantitative estimate of drug-likeness (QED) is 0.557. The van der Waals surface area contributed by atoms with Crippen LogP contribution in [0.4, 0.5) is 0 Å². The zero-order valence-corrected chi connectivity index (χ0v) is 16.7. The van der Waals surface area contributed by atoms with Gasteiger partial charge in [-0.1, -0.05) is 43.7 Å². The number of benzene rings is 1. The lowest BCUT2D eigenvalue weighted by molar-refractivity contribution is -0.132. The number of rotatable bonds is 8. The fourth-order valence-corrected chi connectivity index (χ4v) is 4.47. The van der Waals surface area contributed by atoms with Crippen LogP contribution in [0.15, 0.2) is 29.4 Å². The van der Waals surface area contributed by atoms with Crippen molar-refractivity contribution >= 4 is 34.6 Å². The predicted octanol–water partition coefficient (Wildman–Crippen LogP) is 3.04. The van der Waals surface area contributed by atoms with Crippen molar-refractivity contribution in [3.8, 4) is 0 Å². The number of nitrogens with zero attached hydrogens (tertiary/aromatic N) is 3. The molecule has 3 rings (SSSR count). The molecule has 1 aliphatic heterocycles. The lowest BCUT2D eigenvalue weighted by Crippen LogP contribution is -2.42. The number of aryl methyl sites for hydroxylation is 1. The number of unbranched alkanes of at least 4 members (excludes halogenated alkanes) is 2. The molecule has 1 aromatic carbocycles. The number of aromatic nitrogens is 2. The maximum absolute atomic E-state index is 12.6.